The minimum absolute atomic E-state index is 0.0491. The molecule has 176 valence electrons. The molecule has 1 amide bonds. The second-order valence-electron chi connectivity index (χ2n) is 10.8. The normalized spacial score (nSPS) is 14.5. The second kappa shape index (κ2) is 9.93. The Morgan fingerprint density at radius 2 is 1.74 bits per heavy atom. The van der Waals surface area contributed by atoms with Gasteiger partial charge in [-0.2, -0.15) is 0 Å². The molecular formula is C23H40N2O5Si. The second-order valence-corrected chi connectivity index (χ2v) is 15.5. The van der Waals surface area contributed by atoms with Gasteiger partial charge in [0.2, 0.25) is 0 Å². The first-order chi connectivity index (χ1) is 13.9. The lowest BCUT2D eigenvalue weighted by atomic mass is 9.96. The van der Waals surface area contributed by atoms with Crippen LogP contribution in [0.1, 0.15) is 60.5 Å². The quantitative estimate of drug-likeness (QED) is 0.369. The van der Waals surface area contributed by atoms with Crippen molar-refractivity contribution < 1.29 is 23.9 Å². The van der Waals surface area contributed by atoms with E-state index in [1.165, 1.54) is 0 Å². The van der Waals surface area contributed by atoms with E-state index in [-0.39, 0.29) is 11.5 Å². The van der Waals surface area contributed by atoms with E-state index in [4.69, 9.17) is 14.9 Å². The maximum absolute atomic E-state index is 12.3. The fourth-order valence-electron chi connectivity index (χ4n) is 2.73. The molecule has 0 aliphatic heterocycles. The Labute approximate surface area is 187 Å². The summed E-state index contributed by atoms with van der Waals surface area (Å²) in [4.78, 5) is 23.6. The Morgan fingerprint density at radius 3 is 2.19 bits per heavy atom. The van der Waals surface area contributed by atoms with Crippen molar-refractivity contribution in [2.75, 3.05) is 5.73 Å². The van der Waals surface area contributed by atoms with Gasteiger partial charge in [0.1, 0.15) is 11.4 Å². The number of alkyl carbamates (subject to hydrolysis) is 1. The molecule has 1 unspecified atom stereocenters. The van der Waals surface area contributed by atoms with Crippen molar-refractivity contribution in [1.82, 2.24) is 5.32 Å². The first-order valence-corrected chi connectivity index (χ1v) is 13.6. The van der Waals surface area contributed by atoms with E-state index in [2.05, 4.69) is 39.2 Å². The van der Waals surface area contributed by atoms with Crippen LogP contribution >= 0.6 is 0 Å². The lowest BCUT2D eigenvalue weighted by molar-refractivity contribution is -0.141. The summed E-state index contributed by atoms with van der Waals surface area (Å²) in [6, 6.07) is 5.19. The number of nitrogens with two attached hydrogens (primary N) is 1. The van der Waals surface area contributed by atoms with Crippen LogP contribution in [0.4, 0.5) is 10.5 Å². The van der Waals surface area contributed by atoms with Crippen LogP contribution in [-0.4, -0.2) is 37.1 Å². The van der Waals surface area contributed by atoms with E-state index in [9.17, 15) is 14.7 Å². The average molecular weight is 453 g/mol. The van der Waals surface area contributed by atoms with Crippen LogP contribution in [0.25, 0.3) is 0 Å². The van der Waals surface area contributed by atoms with E-state index >= 15 is 0 Å². The summed E-state index contributed by atoms with van der Waals surface area (Å²) in [7, 11) is -2.02. The zero-order chi connectivity index (χ0) is 24.2. The molecule has 0 radical (unpaired) electrons. The molecule has 2 atom stereocenters. The number of carbonyl (C=O) groups excluding carboxylic acids is 1. The third kappa shape index (κ3) is 8.81. The molecule has 1 aromatic rings. The summed E-state index contributed by atoms with van der Waals surface area (Å²) in [6.45, 7) is 17.8. The number of nitrogen functional groups attached to an aromatic ring is 1. The number of amides is 1. The Bertz CT molecular complexity index is 781. The summed E-state index contributed by atoms with van der Waals surface area (Å²) in [6.07, 6.45) is 0.138. The summed E-state index contributed by atoms with van der Waals surface area (Å²) >= 11 is 0. The molecule has 0 aliphatic carbocycles. The third-order valence-electron chi connectivity index (χ3n) is 5.51. The van der Waals surface area contributed by atoms with Gasteiger partial charge in [0.15, 0.2) is 0 Å². The number of hydrogen-bond donors (Lipinski definition) is 3. The molecule has 0 heterocycles. The molecule has 0 bridgehead atoms. The van der Waals surface area contributed by atoms with Gasteiger partial charge in [-0.25, -0.2) is 4.79 Å². The van der Waals surface area contributed by atoms with Gasteiger partial charge in [0, 0.05) is 6.04 Å². The van der Waals surface area contributed by atoms with Gasteiger partial charge in [0.25, 0.3) is 8.32 Å². The minimum Gasteiger partial charge on any atom is -0.542 e. The fraction of sp³-hybridized carbons (Fsp3) is 0.652. The molecule has 0 fully saturated rings. The Hall–Kier alpha value is -2.22. The highest BCUT2D eigenvalue weighted by atomic mass is 28.4. The van der Waals surface area contributed by atoms with Gasteiger partial charge in [0.05, 0.1) is 11.6 Å². The van der Waals surface area contributed by atoms with Gasteiger partial charge in [-0.1, -0.05) is 33.8 Å². The van der Waals surface area contributed by atoms with Crippen LogP contribution in [0.5, 0.6) is 5.75 Å². The number of anilines is 1. The topological polar surface area (TPSA) is 111 Å². The molecule has 31 heavy (non-hydrogen) atoms. The van der Waals surface area contributed by atoms with E-state index in [0.29, 0.717) is 17.9 Å². The zero-order valence-electron chi connectivity index (χ0n) is 20.5. The molecule has 1 aromatic carbocycles. The highest BCUT2D eigenvalue weighted by molar-refractivity contribution is 6.74. The lowest BCUT2D eigenvalue weighted by Crippen LogP contribution is -2.44. The van der Waals surface area contributed by atoms with E-state index in [0.717, 1.165) is 5.56 Å². The van der Waals surface area contributed by atoms with Gasteiger partial charge in [-0.15, -0.1) is 0 Å². The van der Waals surface area contributed by atoms with Crippen LogP contribution in [0.3, 0.4) is 0 Å². The first-order valence-electron chi connectivity index (χ1n) is 10.7. The van der Waals surface area contributed by atoms with Crippen molar-refractivity contribution in [1.29, 1.82) is 0 Å². The number of hydrogen-bond acceptors (Lipinski definition) is 5. The Balaban J connectivity index is 3.01. The Kier molecular flexibility index (Phi) is 8.59. The summed E-state index contributed by atoms with van der Waals surface area (Å²) in [5.41, 5.74) is 7.05. The molecule has 0 saturated heterocycles. The van der Waals surface area contributed by atoms with Gasteiger partial charge >= 0.3 is 12.1 Å². The molecular weight excluding hydrogens is 412 g/mol. The number of carboxylic acid groups (broad SMARTS) is 1. The van der Waals surface area contributed by atoms with Crippen molar-refractivity contribution in [2.45, 2.75) is 91.1 Å². The lowest BCUT2D eigenvalue weighted by Gasteiger charge is -2.36. The van der Waals surface area contributed by atoms with Crippen molar-refractivity contribution in [3.05, 3.63) is 23.8 Å². The zero-order valence-corrected chi connectivity index (χ0v) is 21.5. The number of carbonyl (C=O) groups is 2. The van der Waals surface area contributed by atoms with Crippen LogP contribution < -0.4 is 15.5 Å². The van der Waals surface area contributed by atoms with Crippen LogP contribution in [0.15, 0.2) is 18.2 Å². The van der Waals surface area contributed by atoms with Crippen molar-refractivity contribution in [2.24, 2.45) is 5.92 Å². The van der Waals surface area contributed by atoms with E-state index < -0.39 is 37.9 Å². The largest absolute Gasteiger partial charge is 0.542 e. The molecule has 7 nitrogen and oxygen atoms in total. The molecule has 8 heteroatoms. The van der Waals surface area contributed by atoms with Crippen LogP contribution in [-0.2, 0) is 16.0 Å². The van der Waals surface area contributed by atoms with Gasteiger partial charge < -0.3 is 25.3 Å². The smallest absolute Gasteiger partial charge is 0.407 e. The molecule has 0 saturated carbocycles. The molecule has 0 spiro atoms. The summed E-state index contributed by atoms with van der Waals surface area (Å²) < 4.78 is 11.7. The highest BCUT2D eigenvalue weighted by Crippen LogP contribution is 2.39. The number of aliphatic carboxylic acids is 1. The predicted molar refractivity (Wildman–Crippen MR) is 127 cm³/mol. The highest BCUT2D eigenvalue weighted by Gasteiger charge is 2.39. The monoisotopic (exact) mass is 452 g/mol. The van der Waals surface area contributed by atoms with Crippen LogP contribution in [0.2, 0.25) is 18.1 Å². The average Bonchev–Trinajstić information content (AvgIpc) is 2.54. The maximum Gasteiger partial charge on any atom is 0.407 e. The van der Waals surface area contributed by atoms with E-state index in [1.807, 2.05) is 18.2 Å². The standard InChI is InChI=1S/C23H40N2O5Si/c1-15(20(26)27)12-17(25-21(28)29-22(2,3)4)13-16-10-11-19(18(24)14-16)30-31(8,9)23(5,6)7/h10-11,14-15,17H,12-13,24H2,1-9H3,(H,25,28)(H,26,27)/t15?,17-/m1/s1. The van der Waals surface area contributed by atoms with Crippen LogP contribution in [0, 0.1) is 5.92 Å². The fourth-order valence-corrected chi connectivity index (χ4v) is 3.77. The third-order valence-corrected chi connectivity index (χ3v) is 9.85. The number of nitrogens with one attached hydrogen (secondary N) is 1. The number of ether oxygens (including phenoxy) is 1. The molecule has 4 N–H and O–H groups in total. The molecule has 0 aromatic heterocycles. The van der Waals surface area contributed by atoms with Gasteiger partial charge in [-0.05, 0) is 69.4 Å². The van der Waals surface area contributed by atoms with Crippen molar-refractivity contribution in [3.8, 4) is 5.75 Å². The summed E-state index contributed by atoms with van der Waals surface area (Å²) in [5, 5.41) is 12.2. The van der Waals surface area contributed by atoms with Crippen molar-refractivity contribution in [3.63, 3.8) is 0 Å². The molecule has 1 rings (SSSR count). The SMILES string of the molecule is CC(C[C@H](Cc1ccc(O[Si](C)(C)C(C)(C)C)c(N)c1)NC(=O)OC(C)(C)C)C(=O)O. The number of carboxylic acids is 1. The molecule has 0 aliphatic rings. The summed E-state index contributed by atoms with van der Waals surface area (Å²) in [5.74, 6) is -0.863. The maximum atomic E-state index is 12.3. The Morgan fingerprint density at radius 1 is 1.16 bits per heavy atom. The van der Waals surface area contributed by atoms with Gasteiger partial charge in [-0.3, -0.25) is 4.79 Å². The predicted octanol–water partition coefficient (Wildman–Crippen LogP) is 5.20. The number of benzene rings is 1. The van der Waals surface area contributed by atoms with E-state index in [1.54, 1.807) is 27.7 Å². The number of rotatable bonds is 8. The minimum atomic E-state index is -2.02. The first kappa shape index (κ1) is 26.8. The van der Waals surface area contributed by atoms with Crippen molar-refractivity contribution >= 4 is 26.1 Å².